The van der Waals surface area contributed by atoms with Crippen molar-refractivity contribution in [2.24, 2.45) is 11.8 Å². The minimum absolute atomic E-state index is 0.114. The van der Waals surface area contributed by atoms with Crippen LogP contribution in [0.3, 0.4) is 0 Å². The second-order valence-electron chi connectivity index (χ2n) is 8.23. The van der Waals surface area contributed by atoms with E-state index < -0.39 is 24.0 Å². The number of thioether (sulfide) groups is 1. The van der Waals surface area contributed by atoms with Gasteiger partial charge >= 0.3 is 23.3 Å². The molecule has 0 unspecified atom stereocenters. The second kappa shape index (κ2) is 14.2. The zero-order chi connectivity index (χ0) is 23.3. The maximum Gasteiger partial charge on any atom is 0.410 e. The van der Waals surface area contributed by atoms with Gasteiger partial charge in [-0.05, 0) is 37.4 Å². The predicted octanol–water partition coefficient (Wildman–Crippen LogP) is 4.52. The average Bonchev–Trinajstić information content (AvgIpc) is 2.77. The Balaban J connectivity index is 1.52. The quantitative estimate of drug-likeness (QED) is 0.293. The van der Waals surface area contributed by atoms with E-state index in [4.69, 9.17) is 18.9 Å². The van der Waals surface area contributed by atoms with Gasteiger partial charge in [0.25, 0.3) is 0 Å². The molecule has 0 aromatic heterocycles. The van der Waals surface area contributed by atoms with Gasteiger partial charge in [-0.2, -0.15) is 0 Å². The van der Waals surface area contributed by atoms with Crippen LogP contribution in [0.4, 0.5) is 9.59 Å². The van der Waals surface area contributed by atoms with Gasteiger partial charge in [-0.1, -0.05) is 38.5 Å². The summed E-state index contributed by atoms with van der Waals surface area (Å²) >= 11 is 0.850. The van der Waals surface area contributed by atoms with Crippen molar-refractivity contribution in [2.45, 2.75) is 90.6 Å². The third-order valence-electron chi connectivity index (χ3n) is 5.57. The Hall–Kier alpha value is -1.97. The lowest BCUT2D eigenvalue weighted by molar-refractivity contribution is -0.171. The molecule has 0 saturated heterocycles. The number of carbonyl (C=O) groups excluding carboxylic acids is 4. The molecule has 0 aromatic carbocycles. The molecular weight excluding hydrogens is 438 g/mol. The van der Waals surface area contributed by atoms with E-state index in [2.05, 4.69) is 5.32 Å². The van der Waals surface area contributed by atoms with Crippen molar-refractivity contribution in [3.8, 4) is 0 Å². The molecule has 2 aliphatic rings. The van der Waals surface area contributed by atoms with E-state index in [0.717, 1.165) is 76.0 Å². The number of esters is 2. The van der Waals surface area contributed by atoms with Gasteiger partial charge in [-0.15, -0.1) is 0 Å². The topological polar surface area (TPSA) is 117 Å². The van der Waals surface area contributed by atoms with Crippen molar-refractivity contribution in [2.75, 3.05) is 12.3 Å². The van der Waals surface area contributed by atoms with Crippen LogP contribution < -0.4 is 5.32 Å². The van der Waals surface area contributed by atoms with Crippen molar-refractivity contribution >= 4 is 35.1 Å². The highest BCUT2D eigenvalue weighted by Crippen LogP contribution is 2.26. The molecule has 1 amide bonds. The second-order valence-corrected chi connectivity index (χ2v) is 9.26. The Labute approximate surface area is 193 Å². The predicted molar refractivity (Wildman–Crippen MR) is 118 cm³/mol. The molecule has 0 bridgehead atoms. The molecule has 182 valence electrons. The van der Waals surface area contributed by atoms with Crippen molar-refractivity contribution in [1.29, 1.82) is 0 Å². The van der Waals surface area contributed by atoms with Crippen LogP contribution in [0.25, 0.3) is 0 Å². The summed E-state index contributed by atoms with van der Waals surface area (Å²) in [5.41, 5.74) is 0. The number of nitrogens with one attached hydrogen (secondary N) is 1. The molecule has 0 spiro atoms. The molecule has 10 heteroatoms. The molecule has 2 fully saturated rings. The fourth-order valence-corrected chi connectivity index (χ4v) is 4.47. The van der Waals surface area contributed by atoms with Crippen LogP contribution in [0.1, 0.15) is 78.1 Å². The number of alkyl carbamates (subject to hydrolysis) is 1. The minimum atomic E-state index is -0.984. The number of hydrogen-bond acceptors (Lipinski definition) is 9. The zero-order valence-corrected chi connectivity index (χ0v) is 19.8. The molecule has 0 aromatic rings. The van der Waals surface area contributed by atoms with E-state index in [0.29, 0.717) is 0 Å². The molecule has 2 atom stereocenters. The van der Waals surface area contributed by atoms with E-state index >= 15 is 0 Å². The van der Waals surface area contributed by atoms with E-state index in [9.17, 15) is 19.2 Å². The number of carbonyl (C=O) groups is 4. The Kier molecular flexibility index (Phi) is 11.7. The van der Waals surface area contributed by atoms with Crippen LogP contribution >= 0.6 is 11.8 Å². The standard InChI is InChI=1S/C22H35NO8S/c1-15(28-19(24)17-9-5-3-6-10-17)30-21(26)23-13-14-32-22(27)31-16(2)29-20(25)18-11-7-4-8-12-18/h15-18H,3-14H2,1-2H3,(H,23,26)/t15-,16-/m0/s1. The molecule has 0 aliphatic heterocycles. The van der Waals surface area contributed by atoms with Crippen molar-refractivity contribution in [3.05, 3.63) is 0 Å². The summed E-state index contributed by atoms with van der Waals surface area (Å²) in [6, 6.07) is 0. The Bertz CT molecular complexity index is 577. The van der Waals surface area contributed by atoms with Crippen LogP contribution in [0.15, 0.2) is 0 Å². The molecule has 9 nitrogen and oxygen atoms in total. The van der Waals surface area contributed by atoms with Crippen LogP contribution in [-0.4, -0.2) is 48.2 Å². The van der Waals surface area contributed by atoms with Gasteiger partial charge in [0.05, 0.1) is 11.8 Å². The molecule has 1 N–H and O–H groups in total. The van der Waals surface area contributed by atoms with Gasteiger partial charge in [0.15, 0.2) is 0 Å². The van der Waals surface area contributed by atoms with E-state index in [-0.39, 0.29) is 36.1 Å². The Morgan fingerprint density at radius 3 is 1.72 bits per heavy atom. The number of hydrogen-bond donors (Lipinski definition) is 1. The first kappa shape index (κ1) is 26.3. The van der Waals surface area contributed by atoms with Crippen LogP contribution in [-0.2, 0) is 28.5 Å². The van der Waals surface area contributed by atoms with Gasteiger partial charge in [0, 0.05) is 26.1 Å². The third kappa shape index (κ3) is 10.1. The largest absolute Gasteiger partial charge is 0.425 e. The lowest BCUT2D eigenvalue weighted by Gasteiger charge is -2.22. The maximum atomic E-state index is 12.1. The maximum absolute atomic E-state index is 12.1. The highest BCUT2D eigenvalue weighted by atomic mass is 32.2. The number of rotatable bonds is 9. The Morgan fingerprint density at radius 2 is 1.22 bits per heavy atom. The summed E-state index contributed by atoms with van der Waals surface area (Å²) in [5.74, 6) is -0.644. The summed E-state index contributed by atoms with van der Waals surface area (Å²) in [4.78, 5) is 47.8. The first-order valence-corrected chi connectivity index (χ1v) is 12.5. The molecule has 0 heterocycles. The first-order chi connectivity index (χ1) is 15.3. The highest BCUT2D eigenvalue weighted by molar-refractivity contribution is 8.13. The fraction of sp³-hybridized carbons (Fsp3) is 0.818. The Morgan fingerprint density at radius 1 is 0.750 bits per heavy atom. The van der Waals surface area contributed by atoms with Crippen LogP contribution in [0.2, 0.25) is 0 Å². The molecule has 2 saturated carbocycles. The van der Waals surface area contributed by atoms with Crippen LogP contribution in [0.5, 0.6) is 0 Å². The first-order valence-electron chi connectivity index (χ1n) is 11.5. The van der Waals surface area contributed by atoms with E-state index in [1.807, 2.05) is 0 Å². The summed E-state index contributed by atoms with van der Waals surface area (Å²) in [6.07, 6.45) is 6.89. The molecular formula is C22H35NO8S. The normalized spacial score (nSPS) is 19.3. The molecule has 32 heavy (non-hydrogen) atoms. The van der Waals surface area contributed by atoms with Crippen molar-refractivity contribution < 1.29 is 38.1 Å². The van der Waals surface area contributed by atoms with E-state index in [1.54, 1.807) is 0 Å². The van der Waals surface area contributed by atoms with Gasteiger partial charge in [-0.25, -0.2) is 9.59 Å². The molecule has 2 aliphatic carbocycles. The summed E-state index contributed by atoms with van der Waals surface area (Å²) in [7, 11) is 0. The minimum Gasteiger partial charge on any atom is -0.425 e. The van der Waals surface area contributed by atoms with E-state index in [1.165, 1.54) is 13.8 Å². The van der Waals surface area contributed by atoms with Gasteiger partial charge < -0.3 is 24.3 Å². The summed E-state index contributed by atoms with van der Waals surface area (Å²) in [5, 5.41) is 1.89. The lowest BCUT2D eigenvalue weighted by atomic mass is 9.89. The van der Waals surface area contributed by atoms with Crippen molar-refractivity contribution in [1.82, 2.24) is 5.32 Å². The smallest absolute Gasteiger partial charge is 0.410 e. The zero-order valence-electron chi connectivity index (χ0n) is 19.0. The fourth-order valence-electron chi connectivity index (χ4n) is 3.89. The van der Waals surface area contributed by atoms with Gasteiger partial charge in [0.1, 0.15) is 0 Å². The molecule has 0 radical (unpaired) electrons. The lowest BCUT2D eigenvalue weighted by Crippen LogP contribution is -2.33. The average molecular weight is 474 g/mol. The SMILES string of the molecule is C[C@H](OC(=O)NCCSC(=O)O[C@@H](C)OC(=O)C1CCCCC1)OC(=O)C1CCCCC1. The monoisotopic (exact) mass is 473 g/mol. The number of ether oxygens (including phenoxy) is 4. The third-order valence-corrected chi connectivity index (χ3v) is 6.31. The summed E-state index contributed by atoms with van der Waals surface area (Å²) in [6.45, 7) is 3.14. The number of amides is 1. The highest BCUT2D eigenvalue weighted by Gasteiger charge is 2.26. The van der Waals surface area contributed by atoms with Crippen LogP contribution in [0, 0.1) is 11.8 Å². The molecule has 2 rings (SSSR count). The van der Waals surface area contributed by atoms with Gasteiger partial charge in [-0.3, -0.25) is 9.59 Å². The summed E-state index contributed by atoms with van der Waals surface area (Å²) < 4.78 is 20.5. The van der Waals surface area contributed by atoms with Gasteiger partial charge in [0.2, 0.25) is 12.6 Å². The van der Waals surface area contributed by atoms with Crippen molar-refractivity contribution in [3.63, 3.8) is 0 Å².